The number of nitrogens with one attached hydrogen (secondary N) is 1. The lowest BCUT2D eigenvalue weighted by atomic mass is 10.0. The second-order valence-corrected chi connectivity index (χ2v) is 11.4. The molecule has 1 aliphatic heterocycles. The number of para-hydroxylation sites is 2. The van der Waals surface area contributed by atoms with Crippen molar-refractivity contribution < 1.29 is 29.2 Å². The number of aliphatic hydroxyl groups is 1. The van der Waals surface area contributed by atoms with Crippen LogP contribution in [0.4, 0.5) is 5.95 Å². The van der Waals surface area contributed by atoms with Crippen LogP contribution in [0, 0.1) is 0 Å². The Morgan fingerprint density at radius 2 is 1.74 bits per heavy atom. The van der Waals surface area contributed by atoms with Gasteiger partial charge in [-0.1, -0.05) is 66.7 Å². The fourth-order valence-corrected chi connectivity index (χ4v) is 5.76. The Morgan fingerprint density at radius 3 is 2.57 bits per heavy atom. The molecule has 1 saturated heterocycles. The second kappa shape index (κ2) is 15.1. The second-order valence-electron chi connectivity index (χ2n) is 11.4. The van der Waals surface area contributed by atoms with Crippen molar-refractivity contribution in [2.24, 2.45) is 0 Å². The van der Waals surface area contributed by atoms with E-state index in [4.69, 9.17) is 19.2 Å². The molecule has 3 N–H and O–H groups in total. The van der Waals surface area contributed by atoms with Gasteiger partial charge in [-0.15, -0.1) is 0 Å². The highest BCUT2D eigenvalue weighted by Crippen LogP contribution is 2.35. The molecule has 0 aliphatic carbocycles. The average molecular weight is 622 g/mol. The molecule has 5 aromatic rings. The molecule has 6 rings (SSSR count). The minimum absolute atomic E-state index is 0.00288. The summed E-state index contributed by atoms with van der Waals surface area (Å²) in [4.78, 5) is 16.5. The van der Waals surface area contributed by atoms with E-state index < -0.39 is 5.97 Å². The van der Waals surface area contributed by atoms with Gasteiger partial charge in [-0.05, 0) is 72.7 Å². The Balaban J connectivity index is 1.16. The number of hydrogen-bond acceptors (Lipinski definition) is 7. The zero-order valence-electron chi connectivity index (χ0n) is 25.7. The maximum absolute atomic E-state index is 11.7. The van der Waals surface area contributed by atoms with Gasteiger partial charge in [-0.2, -0.15) is 0 Å². The molecule has 2 heterocycles. The van der Waals surface area contributed by atoms with Crippen LogP contribution in [0.3, 0.4) is 0 Å². The zero-order valence-corrected chi connectivity index (χ0v) is 25.7. The molecule has 0 radical (unpaired) electrons. The molecule has 46 heavy (non-hydrogen) atoms. The molecule has 1 aromatic heterocycles. The number of rotatable bonds is 15. The number of fused-ring (bicyclic) bond motifs is 1. The highest BCUT2D eigenvalue weighted by molar-refractivity contribution is 5.90. The first-order valence-electron chi connectivity index (χ1n) is 15.8. The number of carboxylic acids is 1. The number of carboxylic acid groups (broad SMARTS) is 1. The van der Waals surface area contributed by atoms with Crippen LogP contribution in [-0.2, 0) is 22.6 Å². The largest absolute Gasteiger partial charge is 0.493 e. The van der Waals surface area contributed by atoms with E-state index in [0.717, 1.165) is 59.0 Å². The first-order chi connectivity index (χ1) is 22.6. The number of nitrogens with zero attached hydrogens (tertiary/aromatic N) is 2. The number of aromatic nitrogens is 2. The molecule has 238 valence electrons. The fraction of sp³-hybridized carbons (Fsp3) is 0.297. The van der Waals surface area contributed by atoms with Gasteiger partial charge < -0.3 is 29.7 Å². The minimum Gasteiger partial charge on any atom is -0.493 e. The molecule has 0 amide bonds. The Kier molecular flexibility index (Phi) is 10.2. The Bertz CT molecular complexity index is 1760. The van der Waals surface area contributed by atoms with Gasteiger partial charge in [0.1, 0.15) is 12.0 Å². The number of anilines is 1. The maximum atomic E-state index is 11.7. The van der Waals surface area contributed by atoms with Gasteiger partial charge in [0.05, 0.1) is 42.5 Å². The lowest BCUT2D eigenvalue weighted by molar-refractivity contribution is -0.0195. The van der Waals surface area contributed by atoms with E-state index in [1.165, 1.54) is 0 Å². The van der Waals surface area contributed by atoms with Crippen molar-refractivity contribution in [1.82, 2.24) is 9.55 Å². The third kappa shape index (κ3) is 7.56. The van der Waals surface area contributed by atoms with Gasteiger partial charge >= 0.3 is 5.97 Å². The predicted molar refractivity (Wildman–Crippen MR) is 177 cm³/mol. The third-order valence-corrected chi connectivity index (χ3v) is 8.14. The van der Waals surface area contributed by atoms with Crippen molar-refractivity contribution in [3.63, 3.8) is 0 Å². The predicted octanol–water partition coefficient (Wildman–Crippen LogP) is 7.06. The van der Waals surface area contributed by atoms with Crippen LogP contribution in [0.25, 0.3) is 22.2 Å². The average Bonchev–Trinajstić information content (AvgIpc) is 3.72. The number of carbonyl (C=O) groups is 1. The van der Waals surface area contributed by atoms with Crippen molar-refractivity contribution >= 4 is 23.0 Å². The van der Waals surface area contributed by atoms with Gasteiger partial charge in [0, 0.05) is 18.7 Å². The zero-order chi connectivity index (χ0) is 31.7. The maximum Gasteiger partial charge on any atom is 0.335 e. The molecule has 1 aliphatic rings. The van der Waals surface area contributed by atoms with Gasteiger partial charge in [0.15, 0.2) is 0 Å². The first-order valence-corrected chi connectivity index (χ1v) is 15.8. The Hall–Kier alpha value is -4.70. The van der Waals surface area contributed by atoms with E-state index in [0.29, 0.717) is 38.1 Å². The van der Waals surface area contributed by atoms with E-state index in [9.17, 15) is 15.0 Å². The van der Waals surface area contributed by atoms with E-state index in [2.05, 4.69) is 22.0 Å². The molecule has 0 bridgehead atoms. The van der Waals surface area contributed by atoms with E-state index in [1.807, 2.05) is 66.7 Å². The number of aromatic carboxylic acids is 1. The van der Waals surface area contributed by atoms with Gasteiger partial charge in [0.2, 0.25) is 5.95 Å². The molecule has 2 atom stereocenters. The number of ether oxygens (including phenoxy) is 3. The number of unbranched alkanes of at least 4 members (excludes halogenated alkanes) is 1. The highest BCUT2D eigenvalue weighted by atomic mass is 16.5. The van der Waals surface area contributed by atoms with E-state index >= 15 is 0 Å². The summed E-state index contributed by atoms with van der Waals surface area (Å²) in [5.41, 5.74) is 5.80. The standard InChI is InChI=1S/C37H39N3O6/c41-24-30-16-18-35(46-30)40-33-14-5-4-13-32(33)39-37(40)38-23-27-15-17-31(28-11-8-12-29(22-28)36(42)43)34(21-27)45-20-7-6-19-44-25-26-9-2-1-3-10-26/h1-5,8-15,17,21-22,30,35,41H,6-7,16,18-20,23-25H2,(H,38,39)(H,42,43)/t30-,35+/m0/s1. The molecule has 1 fully saturated rings. The summed E-state index contributed by atoms with van der Waals surface area (Å²) in [6.45, 7) is 2.21. The highest BCUT2D eigenvalue weighted by Gasteiger charge is 2.29. The first kappa shape index (κ1) is 31.3. The van der Waals surface area contributed by atoms with Crippen molar-refractivity contribution in [1.29, 1.82) is 0 Å². The van der Waals surface area contributed by atoms with Crippen LogP contribution in [0.15, 0.2) is 97.1 Å². The van der Waals surface area contributed by atoms with Crippen molar-refractivity contribution in [3.8, 4) is 16.9 Å². The van der Waals surface area contributed by atoms with Crippen LogP contribution in [-0.4, -0.2) is 51.7 Å². The van der Waals surface area contributed by atoms with Crippen LogP contribution < -0.4 is 10.1 Å². The molecule has 4 aromatic carbocycles. The molecule has 0 spiro atoms. The van der Waals surface area contributed by atoms with Crippen molar-refractivity contribution in [3.05, 3.63) is 114 Å². The summed E-state index contributed by atoms with van der Waals surface area (Å²) in [6, 6.07) is 31.0. The summed E-state index contributed by atoms with van der Waals surface area (Å²) in [5, 5.41) is 22.7. The molecule has 9 nitrogen and oxygen atoms in total. The van der Waals surface area contributed by atoms with Crippen LogP contribution in [0.1, 0.15) is 53.4 Å². The summed E-state index contributed by atoms with van der Waals surface area (Å²) in [5.74, 6) is 0.409. The molecular formula is C37H39N3O6. The van der Waals surface area contributed by atoms with Gasteiger partial charge in [-0.3, -0.25) is 4.57 Å². The summed E-state index contributed by atoms with van der Waals surface area (Å²) in [6.07, 6.45) is 2.85. The molecule has 0 saturated carbocycles. The summed E-state index contributed by atoms with van der Waals surface area (Å²) in [7, 11) is 0. The van der Waals surface area contributed by atoms with E-state index in [1.54, 1.807) is 18.2 Å². The number of benzene rings is 4. The molecule has 9 heteroatoms. The molecular weight excluding hydrogens is 582 g/mol. The smallest absolute Gasteiger partial charge is 0.335 e. The Morgan fingerprint density at radius 1 is 0.913 bits per heavy atom. The van der Waals surface area contributed by atoms with Crippen LogP contribution in [0.2, 0.25) is 0 Å². The van der Waals surface area contributed by atoms with Crippen LogP contribution in [0.5, 0.6) is 5.75 Å². The SMILES string of the molecule is O=C(O)c1cccc(-c2ccc(CNc3nc4ccccc4n3[C@H]3CC[C@@H](CO)O3)cc2OCCCCOCc2ccccc2)c1. The Labute approximate surface area is 268 Å². The van der Waals surface area contributed by atoms with Gasteiger partial charge in [-0.25, -0.2) is 9.78 Å². The normalized spacial score (nSPS) is 16.1. The third-order valence-electron chi connectivity index (χ3n) is 8.14. The lowest BCUT2D eigenvalue weighted by Crippen LogP contribution is -2.16. The van der Waals surface area contributed by atoms with Crippen molar-refractivity contribution in [2.75, 3.05) is 25.1 Å². The summed E-state index contributed by atoms with van der Waals surface area (Å²) >= 11 is 0. The van der Waals surface area contributed by atoms with Crippen molar-refractivity contribution in [2.45, 2.75) is 51.2 Å². The van der Waals surface area contributed by atoms with E-state index in [-0.39, 0.29) is 24.5 Å². The topological polar surface area (TPSA) is 115 Å². The van der Waals surface area contributed by atoms with Crippen LogP contribution >= 0.6 is 0 Å². The quantitative estimate of drug-likeness (QED) is 0.107. The number of imidazole rings is 1. The number of hydrogen-bond donors (Lipinski definition) is 3. The number of aliphatic hydroxyl groups excluding tert-OH is 1. The van der Waals surface area contributed by atoms with Gasteiger partial charge in [0.25, 0.3) is 0 Å². The minimum atomic E-state index is -0.972. The fourth-order valence-electron chi connectivity index (χ4n) is 5.76. The molecule has 0 unspecified atom stereocenters. The lowest BCUT2D eigenvalue weighted by Gasteiger charge is -2.19. The monoisotopic (exact) mass is 621 g/mol. The summed E-state index contributed by atoms with van der Waals surface area (Å²) < 4.78 is 20.4.